The highest BCUT2D eigenvalue weighted by molar-refractivity contribution is 5.75. The molecular formula is C16H14F2N2. The van der Waals surface area contributed by atoms with Crippen molar-refractivity contribution >= 4 is 11.0 Å². The van der Waals surface area contributed by atoms with Gasteiger partial charge in [-0.2, -0.15) is 0 Å². The van der Waals surface area contributed by atoms with E-state index in [9.17, 15) is 8.78 Å². The molecule has 3 rings (SSSR count). The Morgan fingerprint density at radius 1 is 1.10 bits per heavy atom. The lowest BCUT2D eigenvalue weighted by atomic mass is 10.1. The molecule has 0 spiro atoms. The fraction of sp³-hybridized carbons (Fsp3) is 0.188. The monoisotopic (exact) mass is 272 g/mol. The van der Waals surface area contributed by atoms with Gasteiger partial charge in [0.2, 0.25) is 0 Å². The van der Waals surface area contributed by atoms with E-state index in [1.165, 1.54) is 17.7 Å². The van der Waals surface area contributed by atoms with Crippen LogP contribution in [-0.2, 0) is 12.8 Å². The van der Waals surface area contributed by atoms with Crippen LogP contribution < -0.4 is 0 Å². The van der Waals surface area contributed by atoms with Gasteiger partial charge in [-0.3, -0.25) is 0 Å². The van der Waals surface area contributed by atoms with Gasteiger partial charge in [0.15, 0.2) is 0 Å². The zero-order chi connectivity index (χ0) is 14.1. The Balaban J connectivity index is 1.94. The first-order valence-corrected chi connectivity index (χ1v) is 6.57. The van der Waals surface area contributed by atoms with Crippen molar-refractivity contribution in [2.45, 2.75) is 19.8 Å². The summed E-state index contributed by atoms with van der Waals surface area (Å²) in [5.41, 5.74) is 3.46. The van der Waals surface area contributed by atoms with E-state index in [-0.39, 0.29) is 0 Å². The van der Waals surface area contributed by atoms with Crippen molar-refractivity contribution in [3.8, 4) is 0 Å². The molecule has 0 amide bonds. The molecule has 3 aromatic rings. The van der Waals surface area contributed by atoms with Gasteiger partial charge in [-0.1, -0.05) is 19.1 Å². The van der Waals surface area contributed by atoms with Gasteiger partial charge < -0.3 is 4.98 Å². The summed E-state index contributed by atoms with van der Waals surface area (Å²) in [6, 6.07) is 9.65. The van der Waals surface area contributed by atoms with Crippen LogP contribution in [0.4, 0.5) is 8.78 Å². The van der Waals surface area contributed by atoms with Crippen LogP contribution in [0.2, 0.25) is 0 Å². The molecule has 0 atom stereocenters. The molecule has 1 aromatic heterocycles. The van der Waals surface area contributed by atoms with Crippen molar-refractivity contribution in [2.24, 2.45) is 0 Å². The summed E-state index contributed by atoms with van der Waals surface area (Å²) >= 11 is 0. The minimum atomic E-state index is -0.566. The van der Waals surface area contributed by atoms with E-state index in [1.807, 2.05) is 18.2 Å². The van der Waals surface area contributed by atoms with Crippen molar-refractivity contribution in [3.63, 3.8) is 0 Å². The number of aromatic amines is 1. The lowest BCUT2D eigenvalue weighted by molar-refractivity contribution is 0.574. The van der Waals surface area contributed by atoms with Crippen LogP contribution in [-0.4, -0.2) is 9.97 Å². The second kappa shape index (κ2) is 5.04. The fourth-order valence-corrected chi connectivity index (χ4v) is 2.26. The second-order valence-electron chi connectivity index (χ2n) is 4.80. The zero-order valence-corrected chi connectivity index (χ0v) is 11.1. The highest BCUT2D eigenvalue weighted by Gasteiger charge is 2.08. The highest BCUT2D eigenvalue weighted by atomic mass is 19.1. The van der Waals surface area contributed by atoms with Gasteiger partial charge in [-0.25, -0.2) is 13.8 Å². The molecule has 102 valence electrons. The molecule has 0 aliphatic rings. The topological polar surface area (TPSA) is 28.7 Å². The normalized spacial score (nSPS) is 11.2. The van der Waals surface area contributed by atoms with Gasteiger partial charge >= 0.3 is 0 Å². The van der Waals surface area contributed by atoms with Crippen molar-refractivity contribution in [1.82, 2.24) is 9.97 Å². The third-order valence-electron chi connectivity index (χ3n) is 3.38. The molecule has 1 N–H and O–H groups in total. The number of benzene rings is 2. The molecule has 4 heteroatoms. The minimum Gasteiger partial charge on any atom is -0.342 e. The Hall–Kier alpha value is -2.23. The number of halogens is 2. The Kier molecular flexibility index (Phi) is 3.22. The van der Waals surface area contributed by atoms with Gasteiger partial charge in [-0.15, -0.1) is 0 Å². The molecule has 0 radical (unpaired) electrons. The maximum atomic E-state index is 13.6. The number of nitrogens with one attached hydrogen (secondary N) is 1. The molecular weight excluding hydrogens is 258 g/mol. The molecule has 0 bridgehead atoms. The summed E-state index contributed by atoms with van der Waals surface area (Å²) in [7, 11) is 0. The van der Waals surface area contributed by atoms with Gasteiger partial charge in [-0.05, 0) is 35.7 Å². The Morgan fingerprint density at radius 3 is 2.70 bits per heavy atom. The quantitative estimate of drug-likeness (QED) is 0.767. The number of imidazole rings is 1. The van der Waals surface area contributed by atoms with E-state index in [0.717, 1.165) is 23.5 Å². The maximum Gasteiger partial charge on any atom is 0.129 e. The summed E-state index contributed by atoms with van der Waals surface area (Å²) in [5, 5.41) is 0. The van der Waals surface area contributed by atoms with Crippen LogP contribution in [0, 0.1) is 11.6 Å². The van der Waals surface area contributed by atoms with Crippen molar-refractivity contribution < 1.29 is 8.78 Å². The summed E-state index contributed by atoms with van der Waals surface area (Å²) in [6.07, 6.45) is 1.28. The number of fused-ring (bicyclic) bond motifs is 1. The molecule has 0 saturated heterocycles. The predicted molar refractivity (Wildman–Crippen MR) is 74.6 cm³/mol. The summed E-state index contributed by atoms with van der Waals surface area (Å²) < 4.78 is 26.5. The third-order valence-corrected chi connectivity index (χ3v) is 3.38. The number of aromatic nitrogens is 2. The van der Waals surface area contributed by atoms with E-state index in [4.69, 9.17) is 0 Å². The van der Waals surface area contributed by atoms with Crippen LogP contribution in [0.1, 0.15) is 23.9 Å². The number of H-pyrrole nitrogens is 1. The average molecular weight is 272 g/mol. The van der Waals surface area contributed by atoms with Crippen LogP contribution in [0.5, 0.6) is 0 Å². The van der Waals surface area contributed by atoms with Crippen LogP contribution >= 0.6 is 0 Å². The van der Waals surface area contributed by atoms with Gasteiger partial charge in [0.1, 0.15) is 17.5 Å². The predicted octanol–water partition coefficient (Wildman–Crippen LogP) is 3.99. The van der Waals surface area contributed by atoms with Gasteiger partial charge in [0.25, 0.3) is 0 Å². The standard InChI is InChI=1S/C16H14F2N2/c1-2-10-3-6-14-15(7-10)20-16(19-14)8-11-4-5-12(17)9-13(11)18/h3-7,9H,2,8H2,1H3,(H,19,20). The lowest BCUT2D eigenvalue weighted by Gasteiger charge is -2.00. The molecule has 0 aliphatic carbocycles. The number of hydrogen-bond acceptors (Lipinski definition) is 1. The zero-order valence-electron chi connectivity index (χ0n) is 11.1. The molecule has 2 nitrogen and oxygen atoms in total. The van der Waals surface area contributed by atoms with E-state index in [2.05, 4.69) is 16.9 Å². The molecule has 0 aliphatic heterocycles. The third kappa shape index (κ3) is 2.41. The molecule has 0 saturated carbocycles. The Bertz CT molecular complexity index is 762. The summed E-state index contributed by atoms with van der Waals surface area (Å²) in [6.45, 7) is 2.09. The van der Waals surface area contributed by atoms with E-state index in [1.54, 1.807) is 0 Å². The fourth-order valence-electron chi connectivity index (χ4n) is 2.26. The molecule has 20 heavy (non-hydrogen) atoms. The van der Waals surface area contributed by atoms with E-state index >= 15 is 0 Å². The molecule has 0 unspecified atom stereocenters. The Morgan fingerprint density at radius 2 is 1.95 bits per heavy atom. The molecule has 1 heterocycles. The minimum absolute atomic E-state index is 0.322. The van der Waals surface area contributed by atoms with Gasteiger partial charge in [0, 0.05) is 12.5 Å². The smallest absolute Gasteiger partial charge is 0.129 e. The molecule has 0 fully saturated rings. The van der Waals surface area contributed by atoms with Crippen molar-refractivity contribution in [2.75, 3.05) is 0 Å². The first-order valence-electron chi connectivity index (χ1n) is 6.57. The van der Waals surface area contributed by atoms with Crippen LogP contribution in [0.15, 0.2) is 36.4 Å². The first kappa shape index (κ1) is 12.8. The average Bonchev–Trinajstić information content (AvgIpc) is 2.83. The second-order valence-corrected chi connectivity index (χ2v) is 4.80. The van der Waals surface area contributed by atoms with Crippen LogP contribution in [0.25, 0.3) is 11.0 Å². The van der Waals surface area contributed by atoms with Gasteiger partial charge in [0.05, 0.1) is 11.0 Å². The molecule has 2 aromatic carbocycles. The van der Waals surface area contributed by atoms with E-state index in [0.29, 0.717) is 17.8 Å². The number of rotatable bonds is 3. The maximum absolute atomic E-state index is 13.6. The lowest BCUT2D eigenvalue weighted by Crippen LogP contribution is -1.95. The summed E-state index contributed by atoms with van der Waals surface area (Å²) in [4.78, 5) is 7.62. The first-order chi connectivity index (χ1) is 9.65. The van der Waals surface area contributed by atoms with Crippen molar-refractivity contribution in [3.05, 3.63) is 65.0 Å². The number of nitrogens with zero attached hydrogens (tertiary/aromatic N) is 1. The van der Waals surface area contributed by atoms with Crippen molar-refractivity contribution in [1.29, 1.82) is 0 Å². The number of hydrogen-bond donors (Lipinski definition) is 1. The van der Waals surface area contributed by atoms with E-state index < -0.39 is 11.6 Å². The Labute approximate surface area is 115 Å². The highest BCUT2D eigenvalue weighted by Crippen LogP contribution is 2.18. The summed E-state index contributed by atoms with van der Waals surface area (Å²) in [5.74, 6) is -0.429. The number of aryl methyl sites for hydroxylation is 1. The SMILES string of the molecule is CCc1ccc2nc(Cc3ccc(F)cc3F)[nH]c2c1. The largest absolute Gasteiger partial charge is 0.342 e. The van der Waals surface area contributed by atoms with Crippen LogP contribution in [0.3, 0.4) is 0 Å².